The van der Waals surface area contributed by atoms with Gasteiger partial charge >= 0.3 is 0 Å². The first-order valence-corrected chi connectivity index (χ1v) is 10.0. The van der Waals surface area contributed by atoms with Crippen molar-refractivity contribution in [2.75, 3.05) is 11.4 Å². The molecule has 0 saturated heterocycles. The summed E-state index contributed by atoms with van der Waals surface area (Å²) in [5.41, 5.74) is 5.85. The molecule has 0 radical (unpaired) electrons. The Hall–Kier alpha value is -2.88. The van der Waals surface area contributed by atoms with Crippen molar-refractivity contribution in [2.45, 2.75) is 46.6 Å². The fourth-order valence-electron chi connectivity index (χ4n) is 3.18. The van der Waals surface area contributed by atoms with Crippen LogP contribution in [0, 0.1) is 6.92 Å². The largest absolute Gasteiger partial charge is 0.508 e. The molecule has 0 aliphatic heterocycles. The lowest BCUT2D eigenvalue weighted by molar-refractivity contribution is 0.471. The van der Waals surface area contributed by atoms with Crippen molar-refractivity contribution in [1.82, 2.24) is 9.97 Å². The average molecular weight is 376 g/mol. The highest BCUT2D eigenvalue weighted by atomic mass is 16.3. The third-order valence-corrected chi connectivity index (χ3v) is 5.12. The van der Waals surface area contributed by atoms with Gasteiger partial charge < -0.3 is 10.0 Å². The summed E-state index contributed by atoms with van der Waals surface area (Å²) in [5, 5.41) is 9.76. The van der Waals surface area contributed by atoms with Crippen molar-refractivity contribution in [1.29, 1.82) is 0 Å². The van der Waals surface area contributed by atoms with Crippen molar-refractivity contribution in [2.24, 2.45) is 0 Å². The topological polar surface area (TPSA) is 49.2 Å². The third kappa shape index (κ3) is 5.10. The van der Waals surface area contributed by atoms with E-state index in [1.807, 2.05) is 31.5 Å². The molecule has 0 bridgehead atoms. The van der Waals surface area contributed by atoms with Gasteiger partial charge in [0.25, 0.3) is 0 Å². The van der Waals surface area contributed by atoms with Crippen LogP contribution in [0.5, 0.6) is 5.75 Å². The molecule has 0 aliphatic carbocycles. The quantitative estimate of drug-likeness (QED) is 0.610. The van der Waals surface area contributed by atoms with Crippen LogP contribution < -0.4 is 4.90 Å². The summed E-state index contributed by atoms with van der Waals surface area (Å²) in [6, 6.07) is 14.6. The van der Waals surface area contributed by atoms with Gasteiger partial charge in [-0.1, -0.05) is 50.2 Å². The highest BCUT2D eigenvalue weighted by Gasteiger charge is 2.11. The number of anilines is 1. The molecule has 28 heavy (non-hydrogen) atoms. The fourth-order valence-corrected chi connectivity index (χ4v) is 3.18. The van der Waals surface area contributed by atoms with Crippen molar-refractivity contribution in [3.05, 3.63) is 82.7 Å². The molecule has 2 aromatic carbocycles. The van der Waals surface area contributed by atoms with E-state index in [4.69, 9.17) is 0 Å². The second kappa shape index (κ2) is 9.36. The molecule has 0 unspecified atom stereocenters. The van der Waals surface area contributed by atoms with Crippen LogP contribution in [0.2, 0.25) is 0 Å². The zero-order chi connectivity index (χ0) is 19.9. The summed E-state index contributed by atoms with van der Waals surface area (Å²) in [6.45, 7) is 7.79. The summed E-state index contributed by atoms with van der Waals surface area (Å²) in [4.78, 5) is 11.4. The van der Waals surface area contributed by atoms with E-state index in [1.54, 1.807) is 6.07 Å². The molecule has 1 aromatic heterocycles. The molecule has 4 heteroatoms. The van der Waals surface area contributed by atoms with Crippen LogP contribution in [0.25, 0.3) is 0 Å². The lowest BCUT2D eigenvalue weighted by Crippen LogP contribution is -2.27. The monoisotopic (exact) mass is 375 g/mol. The second-order valence-corrected chi connectivity index (χ2v) is 7.21. The molecule has 0 atom stereocenters. The smallest absolute Gasteiger partial charge is 0.225 e. The Balaban J connectivity index is 1.78. The average Bonchev–Trinajstić information content (AvgIpc) is 2.74. The molecule has 3 aromatic rings. The summed E-state index contributed by atoms with van der Waals surface area (Å²) in [7, 11) is 0. The van der Waals surface area contributed by atoms with E-state index in [1.165, 1.54) is 16.7 Å². The molecule has 1 N–H and O–H groups in total. The maximum atomic E-state index is 9.76. The zero-order valence-electron chi connectivity index (χ0n) is 17.0. The number of benzene rings is 2. The van der Waals surface area contributed by atoms with Crippen LogP contribution in [0.3, 0.4) is 0 Å². The van der Waals surface area contributed by atoms with Gasteiger partial charge in [0.2, 0.25) is 5.95 Å². The van der Waals surface area contributed by atoms with Gasteiger partial charge in [-0.2, -0.15) is 0 Å². The molecule has 0 spiro atoms. The lowest BCUT2D eigenvalue weighted by Gasteiger charge is -2.23. The van der Waals surface area contributed by atoms with Crippen molar-refractivity contribution in [3.63, 3.8) is 0 Å². The normalized spacial score (nSPS) is 10.8. The summed E-state index contributed by atoms with van der Waals surface area (Å²) in [5.74, 6) is 1.10. The Morgan fingerprint density at radius 3 is 2.04 bits per heavy atom. The molecular weight excluding hydrogens is 346 g/mol. The van der Waals surface area contributed by atoms with Crippen molar-refractivity contribution >= 4 is 5.95 Å². The van der Waals surface area contributed by atoms with Gasteiger partial charge in [-0.3, -0.25) is 0 Å². The minimum atomic E-state index is 0.343. The maximum absolute atomic E-state index is 9.76. The first-order chi connectivity index (χ1) is 13.6. The van der Waals surface area contributed by atoms with E-state index in [9.17, 15) is 5.11 Å². The Morgan fingerprint density at radius 2 is 1.43 bits per heavy atom. The summed E-state index contributed by atoms with van der Waals surface area (Å²) < 4.78 is 0. The van der Waals surface area contributed by atoms with Crippen LogP contribution in [0.15, 0.2) is 54.9 Å². The molecule has 0 fully saturated rings. The Bertz CT molecular complexity index is 889. The predicted octanol–water partition coefficient (Wildman–Crippen LogP) is 4.86. The Kier molecular flexibility index (Phi) is 6.64. The van der Waals surface area contributed by atoms with Crippen molar-refractivity contribution < 1.29 is 5.11 Å². The maximum Gasteiger partial charge on any atom is 0.225 e. The number of hydrogen-bond acceptors (Lipinski definition) is 4. The second-order valence-electron chi connectivity index (χ2n) is 7.21. The van der Waals surface area contributed by atoms with Gasteiger partial charge in [0.1, 0.15) is 5.75 Å². The number of rotatable bonds is 8. The molecular formula is C24H29N3O. The summed E-state index contributed by atoms with van der Waals surface area (Å²) in [6.07, 6.45) is 6.69. The number of nitrogens with zero attached hydrogens (tertiary/aromatic N) is 3. The van der Waals surface area contributed by atoms with Crippen LogP contribution >= 0.6 is 0 Å². The van der Waals surface area contributed by atoms with Crippen LogP contribution in [-0.4, -0.2) is 21.6 Å². The van der Waals surface area contributed by atoms with E-state index in [0.29, 0.717) is 5.75 Å². The first kappa shape index (κ1) is 19.9. The van der Waals surface area contributed by atoms with Gasteiger partial charge in [-0.15, -0.1) is 0 Å². The predicted molar refractivity (Wildman–Crippen MR) is 115 cm³/mol. The molecule has 3 rings (SSSR count). The Labute approximate surface area is 167 Å². The highest BCUT2D eigenvalue weighted by Crippen LogP contribution is 2.19. The van der Waals surface area contributed by atoms with Gasteiger partial charge in [0.15, 0.2) is 0 Å². The van der Waals surface area contributed by atoms with Crippen LogP contribution in [-0.2, 0) is 25.8 Å². The van der Waals surface area contributed by atoms with E-state index < -0.39 is 0 Å². The summed E-state index contributed by atoms with van der Waals surface area (Å²) >= 11 is 0. The highest BCUT2D eigenvalue weighted by molar-refractivity contribution is 5.37. The minimum Gasteiger partial charge on any atom is -0.508 e. The van der Waals surface area contributed by atoms with Gasteiger partial charge in [-0.25, -0.2) is 9.97 Å². The molecule has 1 heterocycles. The standard InChI is InChI=1S/C24H29N3O/c1-4-19-6-8-22(9-7-19)17-27(24-25-15-20(5-2)16-26-24)13-12-21-10-11-23(28)18(3)14-21/h6-11,14-16,28H,4-5,12-13,17H2,1-3H3. The third-order valence-electron chi connectivity index (χ3n) is 5.12. The Morgan fingerprint density at radius 1 is 0.821 bits per heavy atom. The van der Waals surface area contributed by atoms with E-state index in [0.717, 1.165) is 49.4 Å². The van der Waals surface area contributed by atoms with Crippen LogP contribution in [0.1, 0.15) is 41.7 Å². The van der Waals surface area contributed by atoms with E-state index >= 15 is 0 Å². The lowest BCUT2D eigenvalue weighted by atomic mass is 10.1. The number of aryl methyl sites for hydroxylation is 3. The number of phenolic OH excluding ortho intramolecular Hbond substituents is 1. The molecule has 0 amide bonds. The fraction of sp³-hybridized carbons (Fsp3) is 0.333. The SMILES string of the molecule is CCc1ccc(CN(CCc2ccc(O)c(C)c2)c2ncc(CC)cn2)cc1. The van der Waals surface area contributed by atoms with Gasteiger partial charge in [0, 0.05) is 25.5 Å². The van der Waals surface area contributed by atoms with E-state index in [2.05, 4.69) is 53.0 Å². The molecule has 146 valence electrons. The zero-order valence-corrected chi connectivity index (χ0v) is 17.0. The number of aromatic hydroxyl groups is 1. The van der Waals surface area contributed by atoms with Gasteiger partial charge in [0.05, 0.1) is 0 Å². The number of aromatic nitrogens is 2. The number of phenols is 1. The van der Waals surface area contributed by atoms with Gasteiger partial charge in [-0.05, 0) is 60.1 Å². The van der Waals surface area contributed by atoms with Crippen molar-refractivity contribution in [3.8, 4) is 5.75 Å². The molecule has 0 saturated carbocycles. The minimum absolute atomic E-state index is 0.343. The first-order valence-electron chi connectivity index (χ1n) is 10.0. The molecule has 0 aliphatic rings. The van der Waals surface area contributed by atoms with E-state index in [-0.39, 0.29) is 0 Å². The molecule has 4 nitrogen and oxygen atoms in total. The van der Waals surface area contributed by atoms with Crippen LogP contribution in [0.4, 0.5) is 5.95 Å². The number of hydrogen-bond donors (Lipinski definition) is 1.